The first-order chi connectivity index (χ1) is 52.1. The Bertz CT molecular complexity index is 5820. The first-order valence-corrected chi connectivity index (χ1v) is 37.4. The Morgan fingerprint density at radius 2 is 0.486 bits per heavy atom. The zero-order valence-corrected chi connectivity index (χ0v) is 60.4. The van der Waals surface area contributed by atoms with Gasteiger partial charge in [-0.15, -0.1) is 0 Å². The molecule has 107 heavy (non-hydrogen) atoms. The predicted molar refractivity (Wildman–Crippen MR) is 438 cm³/mol. The molecule has 0 radical (unpaired) electrons. The molecule has 0 spiro atoms. The first kappa shape index (κ1) is 67.5. The number of rotatable bonds is 12. The number of fused-ring (bicyclic) bond motifs is 13. The highest BCUT2D eigenvalue weighted by Gasteiger charge is 2.49. The molecule has 16 aromatic rings. The van der Waals surface area contributed by atoms with E-state index in [-0.39, 0.29) is 34.5 Å². The van der Waals surface area contributed by atoms with E-state index in [1.165, 1.54) is 126 Å². The summed E-state index contributed by atoms with van der Waals surface area (Å²) in [4.78, 5) is 0. The van der Waals surface area contributed by atoms with Crippen molar-refractivity contribution in [1.29, 1.82) is 0 Å². The molecule has 6 N–H and O–H groups in total. The Morgan fingerprint density at radius 1 is 0.215 bits per heavy atom. The fraction of sp³-hybridized carbons (Fsp3) is 0.129. The van der Waals surface area contributed by atoms with Crippen LogP contribution in [0.3, 0.4) is 0 Å². The Labute approximate surface area is 624 Å². The molecule has 0 unspecified atom stereocenters. The van der Waals surface area contributed by atoms with Gasteiger partial charge in [-0.2, -0.15) is 0 Å². The SMILES string of the molecule is CCCCc1ccc2c(c1)-c1cc(CCCC)ccc1C2(c1ccc2cc(O)ccc2c1)c1ccc2cc(O)ccc2c1.Cc1ccc2c(c1)-c1cc(C)ccc1C2(c1ccc2cc(O)ccc2c1)c1ccc2cc(O)ccc2c1.Oc1cccc(C2(c3cccc(O)c3)c3ccccc3-c3ccccc32)c1. The molecule has 0 aliphatic heterocycles. The van der Waals surface area contributed by atoms with E-state index in [1.807, 2.05) is 97.1 Å². The molecule has 0 fully saturated rings. The number of aromatic hydroxyl groups is 6. The third kappa shape index (κ3) is 11.4. The summed E-state index contributed by atoms with van der Waals surface area (Å²) < 4.78 is 0. The molecule has 0 amide bonds. The Hall–Kier alpha value is -12.6. The first-order valence-electron chi connectivity index (χ1n) is 37.4. The lowest BCUT2D eigenvalue weighted by Crippen LogP contribution is -2.28. The van der Waals surface area contributed by atoms with E-state index in [0.29, 0.717) is 0 Å². The molecule has 0 bridgehead atoms. The molecule has 6 nitrogen and oxygen atoms in total. The van der Waals surface area contributed by atoms with Crippen LogP contribution < -0.4 is 0 Å². The lowest BCUT2D eigenvalue weighted by molar-refractivity contribution is 0.472. The molecule has 3 aliphatic rings. The average molecular weight is 1390 g/mol. The van der Waals surface area contributed by atoms with E-state index < -0.39 is 16.2 Å². The lowest BCUT2D eigenvalue weighted by atomic mass is 9.67. The Kier molecular flexibility index (Phi) is 17.1. The van der Waals surface area contributed by atoms with Gasteiger partial charge in [0, 0.05) is 0 Å². The second-order valence-electron chi connectivity index (χ2n) is 29.5. The summed E-state index contributed by atoms with van der Waals surface area (Å²) in [7, 11) is 0. The van der Waals surface area contributed by atoms with Gasteiger partial charge in [-0.25, -0.2) is 0 Å². The number of phenolic OH excluding ortho intramolecular Hbond substituents is 6. The van der Waals surface area contributed by atoms with Crippen LogP contribution in [0.4, 0.5) is 0 Å². The molecule has 0 heterocycles. The highest BCUT2D eigenvalue weighted by atomic mass is 16.3. The van der Waals surface area contributed by atoms with E-state index in [1.54, 1.807) is 36.4 Å². The van der Waals surface area contributed by atoms with Crippen molar-refractivity contribution in [2.45, 2.75) is 82.5 Å². The topological polar surface area (TPSA) is 121 Å². The molecule has 0 atom stereocenters. The van der Waals surface area contributed by atoms with E-state index in [2.05, 4.69) is 210 Å². The number of phenols is 6. The van der Waals surface area contributed by atoms with E-state index >= 15 is 0 Å². The number of aryl methyl sites for hydroxylation is 4. The zero-order valence-electron chi connectivity index (χ0n) is 60.4. The van der Waals surface area contributed by atoms with Crippen molar-refractivity contribution in [2.24, 2.45) is 0 Å². The van der Waals surface area contributed by atoms with Gasteiger partial charge in [-0.1, -0.05) is 256 Å². The van der Waals surface area contributed by atoms with Crippen LogP contribution >= 0.6 is 0 Å². The number of hydrogen-bond donors (Lipinski definition) is 6. The quantitative estimate of drug-likeness (QED) is 0.0725. The maximum Gasteiger partial charge on any atom is 0.116 e. The van der Waals surface area contributed by atoms with Crippen LogP contribution in [0.25, 0.3) is 76.5 Å². The molecule has 6 heteroatoms. The second kappa shape index (κ2) is 27.1. The molecule has 16 aromatic carbocycles. The van der Waals surface area contributed by atoms with Gasteiger partial charge in [-0.05, 0) is 291 Å². The fourth-order valence-electron chi connectivity index (χ4n) is 18.0. The van der Waals surface area contributed by atoms with Crippen LogP contribution in [0.15, 0.2) is 315 Å². The van der Waals surface area contributed by atoms with Crippen LogP contribution in [-0.2, 0) is 29.1 Å². The average Bonchev–Trinajstić information content (AvgIpc) is 1.56. The smallest absolute Gasteiger partial charge is 0.116 e. The van der Waals surface area contributed by atoms with Crippen LogP contribution in [0.1, 0.15) is 129 Å². The summed E-state index contributed by atoms with van der Waals surface area (Å²) in [5.41, 5.74) is 25.5. The number of benzene rings is 16. The predicted octanol–water partition coefficient (Wildman–Crippen LogP) is 24.3. The monoisotopic (exact) mass is 1390 g/mol. The van der Waals surface area contributed by atoms with Gasteiger partial charge in [0.15, 0.2) is 0 Å². The van der Waals surface area contributed by atoms with Crippen molar-refractivity contribution in [3.63, 3.8) is 0 Å². The van der Waals surface area contributed by atoms with Gasteiger partial charge < -0.3 is 30.6 Å². The molecular weight excluding hydrogens is 1310 g/mol. The Balaban J connectivity index is 0.000000121. The van der Waals surface area contributed by atoms with Crippen molar-refractivity contribution < 1.29 is 30.6 Å². The summed E-state index contributed by atoms with van der Waals surface area (Å²) in [6, 6.07) is 109. The highest BCUT2D eigenvalue weighted by molar-refractivity contribution is 5.96. The molecule has 19 rings (SSSR count). The molecule has 522 valence electrons. The lowest BCUT2D eigenvalue weighted by Gasteiger charge is -2.34. The van der Waals surface area contributed by atoms with Crippen LogP contribution in [0.2, 0.25) is 0 Å². The van der Waals surface area contributed by atoms with Crippen LogP contribution in [0, 0.1) is 13.8 Å². The largest absolute Gasteiger partial charge is 0.508 e. The van der Waals surface area contributed by atoms with Crippen molar-refractivity contribution in [1.82, 2.24) is 0 Å². The summed E-state index contributed by atoms with van der Waals surface area (Å²) in [6.45, 7) is 8.82. The fourth-order valence-corrected chi connectivity index (χ4v) is 18.0. The van der Waals surface area contributed by atoms with E-state index in [0.717, 1.165) is 78.2 Å². The number of unbranched alkanes of at least 4 members (excludes halogenated alkanes) is 2. The third-order valence-corrected chi connectivity index (χ3v) is 22.9. The maximum absolute atomic E-state index is 10.2. The maximum atomic E-state index is 10.2. The van der Waals surface area contributed by atoms with Gasteiger partial charge in [0.25, 0.3) is 0 Å². The molecule has 3 aliphatic carbocycles. The molecule has 0 saturated heterocycles. The van der Waals surface area contributed by atoms with Crippen molar-refractivity contribution >= 4 is 43.1 Å². The molecule has 0 aromatic heterocycles. The van der Waals surface area contributed by atoms with Crippen molar-refractivity contribution in [2.75, 3.05) is 0 Å². The van der Waals surface area contributed by atoms with Gasteiger partial charge in [-0.3, -0.25) is 0 Å². The van der Waals surface area contributed by atoms with Gasteiger partial charge in [0.05, 0.1) is 16.2 Å². The van der Waals surface area contributed by atoms with E-state index in [9.17, 15) is 30.6 Å². The minimum Gasteiger partial charge on any atom is -0.508 e. The summed E-state index contributed by atoms with van der Waals surface area (Å²) in [5, 5.41) is 69.4. The molecule has 0 saturated carbocycles. The minimum atomic E-state index is -0.593. The van der Waals surface area contributed by atoms with Gasteiger partial charge in [0.1, 0.15) is 34.5 Å². The minimum absolute atomic E-state index is 0.230. The normalized spacial score (nSPS) is 13.5. The summed E-state index contributed by atoms with van der Waals surface area (Å²) in [5.74, 6) is 1.57. The van der Waals surface area contributed by atoms with Crippen molar-refractivity contribution in [3.8, 4) is 67.9 Å². The van der Waals surface area contributed by atoms with E-state index in [4.69, 9.17) is 0 Å². The Morgan fingerprint density at radius 3 is 0.813 bits per heavy atom. The highest BCUT2D eigenvalue weighted by Crippen LogP contribution is 2.61. The molecular formula is C101H82O6. The second-order valence-corrected chi connectivity index (χ2v) is 29.5. The van der Waals surface area contributed by atoms with Crippen LogP contribution in [0.5, 0.6) is 34.5 Å². The zero-order chi connectivity index (χ0) is 73.3. The van der Waals surface area contributed by atoms with Gasteiger partial charge >= 0.3 is 0 Å². The third-order valence-electron chi connectivity index (χ3n) is 22.9. The standard InChI is InChI=1S/C41H38O2.C35H26O2.C25H18O2/c1-3-5-7-27-9-19-39-37(21-27)38-22-28(8-6-4-2)10-20-40(38)41(39,33-15-11-31-25-35(42)17-13-29(31)23-33)34-16-12-32-26-36(43)18-14-30(32)24-34;1-21-3-13-33-31(15-21)32-16-22(2)4-14-34(32)35(33,27-9-5-25-19-29(36)11-7-23(25)17-27)28-10-6-26-20-30(37)12-8-24(26)18-28;26-19-9-5-7-17(15-19)25(18-8-6-10-20(27)16-18)23-13-3-1-11-21(23)22-12-2-4-14-24(22)25/h9-26,42-43H,3-8H2,1-2H3;3-20,36-37H,1-2H3;1-16,26-27H. The number of hydrogen-bond acceptors (Lipinski definition) is 6. The van der Waals surface area contributed by atoms with Crippen LogP contribution in [-0.4, -0.2) is 30.6 Å². The summed E-state index contributed by atoms with van der Waals surface area (Å²) >= 11 is 0. The van der Waals surface area contributed by atoms with Gasteiger partial charge in [0.2, 0.25) is 0 Å². The summed E-state index contributed by atoms with van der Waals surface area (Å²) in [6.07, 6.45) is 6.89. The van der Waals surface area contributed by atoms with Crippen molar-refractivity contribution in [3.05, 3.63) is 404 Å².